The molecular weight excluding hydrogens is 719 g/mol. The molecule has 5 heteroatoms. The van der Waals surface area contributed by atoms with Crippen LogP contribution in [-0.2, 0) is 0 Å². The van der Waals surface area contributed by atoms with Gasteiger partial charge in [-0.1, -0.05) is 91.0 Å². The molecule has 0 aliphatic heterocycles. The van der Waals surface area contributed by atoms with Crippen molar-refractivity contribution in [2.45, 2.75) is 6.92 Å². The van der Waals surface area contributed by atoms with Crippen LogP contribution in [0.15, 0.2) is 219 Å². The molecule has 10 aromatic rings. The Morgan fingerprint density at radius 2 is 1.15 bits per heavy atom. The number of allylic oxidation sites excluding steroid dienone is 3. The van der Waals surface area contributed by atoms with Crippen LogP contribution in [-0.4, -0.2) is 14.1 Å². The molecule has 3 heterocycles. The van der Waals surface area contributed by atoms with E-state index in [1.165, 1.54) is 38.3 Å². The average Bonchev–Trinajstić information content (AvgIpc) is 3.87. The molecule has 0 amide bonds. The number of para-hydroxylation sites is 2. The van der Waals surface area contributed by atoms with Crippen molar-refractivity contribution in [3.8, 4) is 33.8 Å². The van der Waals surface area contributed by atoms with Crippen molar-refractivity contribution in [3.05, 3.63) is 224 Å². The number of pyridine rings is 1. The maximum Gasteiger partial charge on any atom is 0.0701 e. The third-order valence-electron chi connectivity index (χ3n) is 11.2. The summed E-state index contributed by atoms with van der Waals surface area (Å²) in [4.78, 5) is 6.88. The van der Waals surface area contributed by atoms with Gasteiger partial charge in [-0.25, -0.2) is 0 Å². The maximum absolute atomic E-state index is 5.61. The normalized spacial score (nSPS) is 11.9. The SMILES string of the molecule is C/C(=C\C=C/N)c1ccc(N(c2ccc(-c3ccc4c(c3)c3cc5c(ccn5-c5ccccc5)cc3n4-c3ccccc3)cc2)c2ccc(-c3ccccn3)cc2)cc1. The molecule has 0 bridgehead atoms. The minimum absolute atomic E-state index is 0.950. The highest BCUT2D eigenvalue weighted by Gasteiger charge is 2.18. The fourth-order valence-corrected chi connectivity index (χ4v) is 8.23. The second-order valence-electron chi connectivity index (χ2n) is 14.8. The highest BCUT2D eigenvalue weighted by molar-refractivity contribution is 6.14. The van der Waals surface area contributed by atoms with Crippen LogP contribution in [0, 0.1) is 0 Å². The zero-order valence-corrected chi connectivity index (χ0v) is 32.7. The number of rotatable bonds is 9. The van der Waals surface area contributed by atoms with Crippen LogP contribution in [0.5, 0.6) is 0 Å². The molecule has 0 fully saturated rings. The van der Waals surface area contributed by atoms with E-state index >= 15 is 0 Å². The minimum Gasteiger partial charge on any atom is -0.405 e. The van der Waals surface area contributed by atoms with E-state index in [9.17, 15) is 0 Å². The standard InChI is InChI=1S/C54H41N5/c1-38(11-10-32-55)39-17-24-46(25-18-39)58(48-28-21-41(22-29-48)51-16-8-9-33-56-51)47-26-19-40(20-27-47)42-23-30-52-49(35-42)50-37-53-43(31-34-57(53)44-12-4-2-5-13-44)36-54(50)59(52)45-14-6-3-7-15-45/h2-37H,55H2,1H3/b32-10-,38-11+. The largest absolute Gasteiger partial charge is 0.405 e. The zero-order chi connectivity index (χ0) is 39.7. The summed E-state index contributed by atoms with van der Waals surface area (Å²) < 4.78 is 4.68. The van der Waals surface area contributed by atoms with Gasteiger partial charge in [-0.05, 0) is 145 Å². The molecule has 7 aromatic carbocycles. The van der Waals surface area contributed by atoms with E-state index < -0.39 is 0 Å². The lowest BCUT2D eigenvalue weighted by atomic mass is 10.0. The van der Waals surface area contributed by atoms with Crippen LogP contribution >= 0.6 is 0 Å². The first kappa shape index (κ1) is 35.5. The van der Waals surface area contributed by atoms with Gasteiger partial charge < -0.3 is 19.8 Å². The lowest BCUT2D eigenvalue weighted by Gasteiger charge is -2.26. The first-order valence-corrected chi connectivity index (χ1v) is 19.9. The van der Waals surface area contributed by atoms with Gasteiger partial charge in [0.25, 0.3) is 0 Å². The van der Waals surface area contributed by atoms with Crippen LogP contribution in [0.3, 0.4) is 0 Å². The lowest BCUT2D eigenvalue weighted by Crippen LogP contribution is -2.10. The third kappa shape index (κ3) is 6.65. The summed E-state index contributed by atoms with van der Waals surface area (Å²) in [6.07, 6.45) is 9.46. The Bertz CT molecular complexity index is 3120. The number of fused-ring (bicyclic) bond motifs is 4. The molecule has 0 atom stereocenters. The average molecular weight is 760 g/mol. The summed E-state index contributed by atoms with van der Waals surface area (Å²) in [7, 11) is 0. The molecule has 0 saturated heterocycles. The zero-order valence-electron chi connectivity index (χ0n) is 32.7. The van der Waals surface area contributed by atoms with Crippen molar-refractivity contribution in [2.24, 2.45) is 5.73 Å². The van der Waals surface area contributed by atoms with Crippen LogP contribution < -0.4 is 10.6 Å². The van der Waals surface area contributed by atoms with Gasteiger partial charge in [-0.2, -0.15) is 0 Å². The molecule has 3 aromatic heterocycles. The summed E-state index contributed by atoms with van der Waals surface area (Å²) in [6, 6.07) is 67.3. The van der Waals surface area contributed by atoms with Crippen molar-refractivity contribution in [1.82, 2.24) is 14.1 Å². The topological polar surface area (TPSA) is 52.0 Å². The summed E-state index contributed by atoms with van der Waals surface area (Å²) in [6.45, 7) is 2.10. The molecule has 10 rings (SSSR count). The second-order valence-corrected chi connectivity index (χ2v) is 14.8. The predicted octanol–water partition coefficient (Wildman–Crippen LogP) is 13.8. The van der Waals surface area contributed by atoms with Gasteiger partial charge in [0.15, 0.2) is 0 Å². The molecule has 0 aliphatic carbocycles. The molecule has 0 aliphatic rings. The Kier molecular flexibility index (Phi) is 9.16. The molecule has 0 radical (unpaired) electrons. The van der Waals surface area contributed by atoms with Crippen LogP contribution in [0.4, 0.5) is 17.1 Å². The highest BCUT2D eigenvalue weighted by Crippen LogP contribution is 2.40. The molecule has 5 nitrogen and oxygen atoms in total. The summed E-state index contributed by atoms with van der Waals surface area (Å²) in [5.41, 5.74) is 21.3. The van der Waals surface area contributed by atoms with Gasteiger partial charge in [-0.3, -0.25) is 4.98 Å². The van der Waals surface area contributed by atoms with Crippen molar-refractivity contribution in [1.29, 1.82) is 0 Å². The molecule has 59 heavy (non-hydrogen) atoms. The Morgan fingerprint density at radius 1 is 0.542 bits per heavy atom. The molecule has 0 saturated carbocycles. The van der Waals surface area contributed by atoms with E-state index in [4.69, 9.17) is 5.73 Å². The number of nitrogens with zero attached hydrogens (tertiary/aromatic N) is 4. The number of hydrogen-bond donors (Lipinski definition) is 1. The quantitative estimate of drug-likeness (QED) is 0.149. The Labute approximate surface area is 343 Å². The van der Waals surface area contributed by atoms with Crippen LogP contribution in [0.25, 0.3) is 72.0 Å². The van der Waals surface area contributed by atoms with E-state index in [1.54, 1.807) is 6.20 Å². The maximum atomic E-state index is 5.61. The first-order valence-electron chi connectivity index (χ1n) is 19.9. The van der Waals surface area contributed by atoms with Crippen molar-refractivity contribution in [3.63, 3.8) is 0 Å². The summed E-state index contributed by atoms with van der Waals surface area (Å²) in [5.74, 6) is 0. The van der Waals surface area contributed by atoms with Gasteiger partial charge in [-0.15, -0.1) is 0 Å². The van der Waals surface area contributed by atoms with E-state index in [0.29, 0.717) is 0 Å². The number of hydrogen-bond acceptors (Lipinski definition) is 3. The Morgan fingerprint density at radius 3 is 1.81 bits per heavy atom. The Hall–Kier alpha value is -7.89. The van der Waals surface area contributed by atoms with Gasteiger partial charge in [0, 0.05) is 62.6 Å². The van der Waals surface area contributed by atoms with Crippen molar-refractivity contribution < 1.29 is 0 Å². The van der Waals surface area contributed by atoms with Gasteiger partial charge in [0.1, 0.15) is 0 Å². The number of benzene rings is 7. The lowest BCUT2D eigenvalue weighted by molar-refractivity contribution is 1.13. The highest BCUT2D eigenvalue weighted by atomic mass is 15.1. The van der Waals surface area contributed by atoms with Gasteiger partial charge in [0.2, 0.25) is 0 Å². The smallest absolute Gasteiger partial charge is 0.0701 e. The molecular formula is C54H41N5. The van der Waals surface area contributed by atoms with Crippen molar-refractivity contribution in [2.75, 3.05) is 4.90 Å². The van der Waals surface area contributed by atoms with E-state index in [-0.39, 0.29) is 0 Å². The second kappa shape index (κ2) is 15.2. The minimum atomic E-state index is 0.950. The van der Waals surface area contributed by atoms with Gasteiger partial charge >= 0.3 is 0 Å². The van der Waals surface area contributed by atoms with E-state index in [1.807, 2.05) is 36.5 Å². The molecule has 0 unspecified atom stereocenters. The summed E-state index contributed by atoms with van der Waals surface area (Å²) >= 11 is 0. The molecule has 0 spiro atoms. The number of aromatic nitrogens is 3. The number of nitrogens with two attached hydrogens (primary N) is 1. The van der Waals surface area contributed by atoms with Gasteiger partial charge in [0.05, 0.1) is 22.2 Å². The van der Waals surface area contributed by atoms with Crippen molar-refractivity contribution >= 4 is 55.3 Å². The summed E-state index contributed by atoms with van der Waals surface area (Å²) in [5, 5.41) is 3.64. The monoisotopic (exact) mass is 759 g/mol. The first-order chi connectivity index (χ1) is 29.1. The van der Waals surface area contributed by atoms with E-state index in [0.717, 1.165) is 56.4 Å². The fraction of sp³-hybridized carbons (Fsp3) is 0.0185. The molecule has 282 valence electrons. The Balaban J connectivity index is 1.07. The molecule has 2 N–H and O–H groups in total. The van der Waals surface area contributed by atoms with E-state index in [2.05, 4.69) is 202 Å². The fourth-order valence-electron chi connectivity index (χ4n) is 8.23. The predicted molar refractivity (Wildman–Crippen MR) is 248 cm³/mol. The van der Waals surface area contributed by atoms with Crippen LogP contribution in [0.2, 0.25) is 0 Å². The number of anilines is 3. The third-order valence-corrected chi connectivity index (χ3v) is 11.2. The van der Waals surface area contributed by atoms with Crippen LogP contribution in [0.1, 0.15) is 12.5 Å².